The molecule has 0 saturated carbocycles. The van der Waals surface area contributed by atoms with Crippen LogP contribution in [0, 0.1) is 0 Å². The molecule has 0 amide bonds. The number of benzene rings is 2. The van der Waals surface area contributed by atoms with Crippen LogP contribution in [-0.4, -0.2) is 5.97 Å². The lowest BCUT2D eigenvalue weighted by Crippen LogP contribution is -2.09. The molecule has 0 aliphatic carbocycles. The van der Waals surface area contributed by atoms with Gasteiger partial charge in [0, 0.05) is 4.47 Å². The number of hydrogen-bond donors (Lipinski definition) is 0. The van der Waals surface area contributed by atoms with Crippen molar-refractivity contribution in [2.45, 2.75) is 6.18 Å². The number of carbonyl (C=O) groups excluding carboxylic acids is 1. The summed E-state index contributed by atoms with van der Waals surface area (Å²) < 4.78 is 42.9. The summed E-state index contributed by atoms with van der Waals surface area (Å²) in [6, 6.07) is 10.4. The summed E-state index contributed by atoms with van der Waals surface area (Å²) in [6.45, 7) is 0. The number of halogens is 4. The highest BCUT2D eigenvalue weighted by molar-refractivity contribution is 9.10. The van der Waals surface area contributed by atoms with E-state index in [2.05, 4.69) is 15.9 Å². The van der Waals surface area contributed by atoms with Gasteiger partial charge in [0.2, 0.25) is 0 Å². The van der Waals surface area contributed by atoms with Gasteiger partial charge in [-0.3, -0.25) is 0 Å². The van der Waals surface area contributed by atoms with E-state index in [4.69, 9.17) is 4.74 Å². The summed E-state index contributed by atoms with van der Waals surface area (Å²) in [4.78, 5) is 11.7. The standard InChI is InChI=1S/C14H8BrF3O2/c15-11-5-1-9(2-6-11)13(19)20-12-7-3-10(4-8-12)14(16,17)18/h1-8H. The molecule has 0 aliphatic heterocycles. The van der Waals surface area contributed by atoms with E-state index in [1.54, 1.807) is 24.3 Å². The number of esters is 1. The fraction of sp³-hybridized carbons (Fsp3) is 0.0714. The summed E-state index contributed by atoms with van der Waals surface area (Å²) >= 11 is 3.23. The van der Waals surface area contributed by atoms with Crippen molar-refractivity contribution in [3.05, 3.63) is 64.1 Å². The first-order valence-corrected chi connectivity index (χ1v) is 6.30. The third kappa shape index (κ3) is 3.60. The van der Waals surface area contributed by atoms with Crippen molar-refractivity contribution in [3.8, 4) is 5.75 Å². The van der Waals surface area contributed by atoms with Gasteiger partial charge >= 0.3 is 12.1 Å². The average Bonchev–Trinajstić information content (AvgIpc) is 2.39. The van der Waals surface area contributed by atoms with Gasteiger partial charge in [-0.15, -0.1) is 0 Å². The Morgan fingerprint density at radius 2 is 1.50 bits per heavy atom. The van der Waals surface area contributed by atoms with E-state index in [-0.39, 0.29) is 5.75 Å². The molecule has 0 saturated heterocycles. The van der Waals surface area contributed by atoms with Crippen molar-refractivity contribution in [2.75, 3.05) is 0 Å². The van der Waals surface area contributed by atoms with E-state index in [1.165, 1.54) is 0 Å². The molecule has 0 heterocycles. The van der Waals surface area contributed by atoms with Crippen molar-refractivity contribution in [1.82, 2.24) is 0 Å². The van der Waals surface area contributed by atoms with E-state index in [1.807, 2.05) is 0 Å². The lowest BCUT2D eigenvalue weighted by atomic mass is 10.2. The van der Waals surface area contributed by atoms with Gasteiger partial charge < -0.3 is 4.74 Å². The van der Waals surface area contributed by atoms with E-state index in [0.29, 0.717) is 5.56 Å². The van der Waals surface area contributed by atoms with Crippen LogP contribution in [0.15, 0.2) is 53.0 Å². The van der Waals surface area contributed by atoms with Crippen LogP contribution < -0.4 is 4.74 Å². The van der Waals surface area contributed by atoms with Gasteiger partial charge in [-0.1, -0.05) is 15.9 Å². The largest absolute Gasteiger partial charge is 0.423 e. The Morgan fingerprint density at radius 1 is 0.950 bits per heavy atom. The minimum atomic E-state index is -4.41. The van der Waals surface area contributed by atoms with Gasteiger partial charge in [-0.05, 0) is 48.5 Å². The Morgan fingerprint density at radius 3 is 2.00 bits per heavy atom. The minimum absolute atomic E-state index is 0.0610. The highest BCUT2D eigenvalue weighted by atomic mass is 79.9. The van der Waals surface area contributed by atoms with E-state index >= 15 is 0 Å². The highest BCUT2D eigenvalue weighted by Crippen LogP contribution is 2.30. The third-order valence-electron chi connectivity index (χ3n) is 2.47. The highest BCUT2D eigenvalue weighted by Gasteiger charge is 2.30. The average molecular weight is 345 g/mol. The Hall–Kier alpha value is -1.82. The normalized spacial score (nSPS) is 11.2. The van der Waals surface area contributed by atoms with Gasteiger partial charge in [0.25, 0.3) is 0 Å². The van der Waals surface area contributed by atoms with E-state index in [9.17, 15) is 18.0 Å². The predicted molar refractivity (Wildman–Crippen MR) is 70.5 cm³/mol. The molecule has 0 radical (unpaired) electrons. The van der Waals surface area contributed by atoms with Crippen LogP contribution in [-0.2, 0) is 6.18 Å². The molecule has 0 aliphatic rings. The molecule has 2 rings (SSSR count). The molecule has 0 aromatic heterocycles. The Labute approximate surface area is 121 Å². The lowest BCUT2D eigenvalue weighted by Gasteiger charge is -2.08. The van der Waals surface area contributed by atoms with Crippen LogP contribution >= 0.6 is 15.9 Å². The lowest BCUT2D eigenvalue weighted by molar-refractivity contribution is -0.137. The van der Waals surface area contributed by atoms with Crippen LogP contribution in [0.5, 0.6) is 5.75 Å². The molecular formula is C14H8BrF3O2. The molecule has 0 bridgehead atoms. The van der Waals surface area contributed by atoms with Crippen LogP contribution in [0.4, 0.5) is 13.2 Å². The van der Waals surface area contributed by atoms with Gasteiger partial charge in [0.1, 0.15) is 5.75 Å². The topological polar surface area (TPSA) is 26.3 Å². The fourth-order valence-electron chi connectivity index (χ4n) is 1.46. The second kappa shape index (κ2) is 5.66. The second-order valence-corrected chi connectivity index (χ2v) is 4.83. The number of hydrogen-bond acceptors (Lipinski definition) is 2. The van der Waals surface area contributed by atoms with Crippen LogP contribution in [0.3, 0.4) is 0 Å². The van der Waals surface area contributed by atoms with Crippen molar-refractivity contribution >= 4 is 21.9 Å². The molecule has 0 fully saturated rings. The molecular weight excluding hydrogens is 337 g/mol. The van der Waals surface area contributed by atoms with E-state index < -0.39 is 17.7 Å². The third-order valence-corrected chi connectivity index (χ3v) is 3.00. The first kappa shape index (κ1) is 14.6. The summed E-state index contributed by atoms with van der Waals surface area (Å²) in [6.07, 6.45) is -4.41. The zero-order valence-corrected chi connectivity index (χ0v) is 11.5. The van der Waals surface area contributed by atoms with Crippen molar-refractivity contribution in [1.29, 1.82) is 0 Å². The molecule has 0 spiro atoms. The second-order valence-electron chi connectivity index (χ2n) is 3.92. The van der Waals surface area contributed by atoms with E-state index in [0.717, 1.165) is 28.7 Å². The van der Waals surface area contributed by atoms with Crippen molar-refractivity contribution in [3.63, 3.8) is 0 Å². The quantitative estimate of drug-likeness (QED) is 0.583. The Kier molecular flexibility index (Phi) is 4.13. The molecule has 0 N–H and O–H groups in total. The Balaban J connectivity index is 2.10. The number of carbonyl (C=O) groups is 1. The summed E-state index contributed by atoms with van der Waals surface area (Å²) in [7, 11) is 0. The Bertz CT molecular complexity index is 604. The molecule has 2 nitrogen and oxygen atoms in total. The first-order valence-electron chi connectivity index (χ1n) is 5.51. The van der Waals surface area contributed by atoms with Crippen molar-refractivity contribution < 1.29 is 22.7 Å². The molecule has 2 aromatic rings. The number of ether oxygens (including phenoxy) is 1. The molecule has 0 atom stereocenters. The zero-order chi connectivity index (χ0) is 14.8. The monoisotopic (exact) mass is 344 g/mol. The minimum Gasteiger partial charge on any atom is -0.423 e. The number of alkyl halides is 3. The molecule has 2 aromatic carbocycles. The van der Waals surface area contributed by atoms with Gasteiger partial charge in [-0.2, -0.15) is 13.2 Å². The predicted octanol–water partition coefficient (Wildman–Crippen LogP) is 4.69. The van der Waals surface area contributed by atoms with Crippen molar-refractivity contribution in [2.24, 2.45) is 0 Å². The molecule has 104 valence electrons. The molecule has 0 unspecified atom stereocenters. The maximum Gasteiger partial charge on any atom is 0.416 e. The zero-order valence-electron chi connectivity index (χ0n) is 9.95. The van der Waals surface area contributed by atoms with Crippen LogP contribution in [0.1, 0.15) is 15.9 Å². The fourth-order valence-corrected chi connectivity index (χ4v) is 1.73. The van der Waals surface area contributed by atoms with Gasteiger partial charge in [-0.25, -0.2) is 4.79 Å². The molecule has 6 heteroatoms. The summed E-state index contributed by atoms with van der Waals surface area (Å²) in [5.41, 5.74) is -0.478. The van der Waals surface area contributed by atoms with Gasteiger partial charge in [0.15, 0.2) is 0 Å². The first-order chi connectivity index (χ1) is 9.36. The van der Waals surface area contributed by atoms with Gasteiger partial charge in [0.05, 0.1) is 11.1 Å². The number of rotatable bonds is 2. The summed E-state index contributed by atoms with van der Waals surface area (Å²) in [5.74, 6) is -0.567. The smallest absolute Gasteiger partial charge is 0.416 e. The maximum atomic E-state index is 12.4. The summed E-state index contributed by atoms with van der Waals surface area (Å²) in [5, 5.41) is 0. The molecule has 20 heavy (non-hydrogen) atoms. The van der Waals surface area contributed by atoms with Crippen LogP contribution in [0.25, 0.3) is 0 Å². The van der Waals surface area contributed by atoms with Crippen LogP contribution in [0.2, 0.25) is 0 Å². The SMILES string of the molecule is O=C(Oc1ccc(C(F)(F)F)cc1)c1ccc(Br)cc1. The maximum absolute atomic E-state index is 12.4.